The van der Waals surface area contributed by atoms with E-state index in [2.05, 4.69) is 48.8 Å². The number of allylic oxidation sites excluding steroid dienone is 1. The summed E-state index contributed by atoms with van der Waals surface area (Å²) < 4.78 is 14.2. The van der Waals surface area contributed by atoms with Gasteiger partial charge in [0.15, 0.2) is 0 Å². The predicted molar refractivity (Wildman–Crippen MR) is 125 cm³/mol. The Morgan fingerprint density at radius 3 is 2.37 bits per heavy atom. The lowest BCUT2D eigenvalue weighted by Gasteiger charge is -2.26. The van der Waals surface area contributed by atoms with Crippen molar-refractivity contribution >= 4 is 10.8 Å². The van der Waals surface area contributed by atoms with Crippen molar-refractivity contribution < 1.29 is 4.39 Å². The molecule has 1 aliphatic carbocycles. The van der Waals surface area contributed by atoms with Gasteiger partial charge in [0, 0.05) is 16.5 Å². The highest BCUT2D eigenvalue weighted by Crippen LogP contribution is 2.32. The molecule has 0 heterocycles. The molecule has 0 aromatic heterocycles. The maximum absolute atomic E-state index is 14.2. The lowest BCUT2D eigenvalue weighted by Crippen LogP contribution is -2.13. The van der Waals surface area contributed by atoms with Gasteiger partial charge in [-0.1, -0.05) is 48.2 Å². The Morgan fingerprint density at radius 1 is 0.933 bits per heavy atom. The van der Waals surface area contributed by atoms with E-state index in [4.69, 9.17) is 0 Å². The second-order valence-electron chi connectivity index (χ2n) is 8.63. The van der Waals surface area contributed by atoms with Crippen molar-refractivity contribution in [3.63, 3.8) is 0 Å². The minimum absolute atomic E-state index is 0.142. The molecule has 0 bridgehead atoms. The summed E-state index contributed by atoms with van der Waals surface area (Å²) in [7, 11) is 0. The summed E-state index contributed by atoms with van der Waals surface area (Å²) in [6.45, 7) is 5.73. The number of aryl methyl sites for hydroxylation is 2. The highest BCUT2D eigenvalue weighted by atomic mass is 19.1. The van der Waals surface area contributed by atoms with Crippen molar-refractivity contribution in [1.82, 2.24) is 0 Å². The van der Waals surface area contributed by atoms with Crippen LogP contribution < -0.4 is 0 Å². The predicted octanol–water partition coefficient (Wildman–Crippen LogP) is 7.61. The van der Waals surface area contributed by atoms with Gasteiger partial charge in [0.2, 0.25) is 0 Å². The molecule has 1 saturated carbocycles. The zero-order valence-electron chi connectivity index (χ0n) is 17.8. The van der Waals surface area contributed by atoms with Gasteiger partial charge in [0.25, 0.3) is 0 Å². The average Bonchev–Trinajstić information content (AvgIpc) is 2.80. The third-order valence-corrected chi connectivity index (χ3v) is 6.52. The molecule has 1 aliphatic rings. The molecular formula is C29H29F. The van der Waals surface area contributed by atoms with Crippen LogP contribution in [0.25, 0.3) is 10.8 Å². The fraction of sp³-hybridized carbons (Fsp3) is 0.310. The maximum Gasteiger partial charge on any atom is 0.133 e. The molecule has 0 spiro atoms. The van der Waals surface area contributed by atoms with Crippen molar-refractivity contribution in [2.24, 2.45) is 11.8 Å². The summed E-state index contributed by atoms with van der Waals surface area (Å²) in [5, 5.41) is 1.55. The fourth-order valence-electron chi connectivity index (χ4n) is 4.46. The quantitative estimate of drug-likeness (QED) is 0.314. The van der Waals surface area contributed by atoms with Crippen molar-refractivity contribution in [3.8, 4) is 11.8 Å². The summed E-state index contributed by atoms with van der Waals surface area (Å²) in [6.07, 6.45) is 9.86. The van der Waals surface area contributed by atoms with E-state index in [1.807, 2.05) is 30.3 Å². The molecule has 0 amide bonds. The molecule has 0 N–H and O–H groups in total. The summed E-state index contributed by atoms with van der Waals surface area (Å²) in [5.74, 6) is 7.92. The molecule has 0 atom stereocenters. The van der Waals surface area contributed by atoms with Crippen LogP contribution >= 0.6 is 0 Å². The van der Waals surface area contributed by atoms with E-state index >= 15 is 0 Å². The Bertz CT molecular complexity index is 1090. The Kier molecular flexibility index (Phi) is 6.34. The van der Waals surface area contributed by atoms with Crippen molar-refractivity contribution in [3.05, 3.63) is 95.3 Å². The number of hydrogen-bond donors (Lipinski definition) is 0. The molecule has 0 nitrogen and oxygen atoms in total. The van der Waals surface area contributed by atoms with Crippen LogP contribution in [0.1, 0.15) is 54.4 Å². The molecular weight excluding hydrogens is 367 g/mol. The molecule has 1 fully saturated rings. The SMILES string of the molecule is C=CC1CCC(CCc2ccc(C#Cc3ccc4c(F)c(C)ccc4c3)cc2)CC1. The van der Waals surface area contributed by atoms with Gasteiger partial charge >= 0.3 is 0 Å². The van der Waals surface area contributed by atoms with Crippen LogP contribution in [0.3, 0.4) is 0 Å². The fourth-order valence-corrected chi connectivity index (χ4v) is 4.46. The van der Waals surface area contributed by atoms with E-state index in [-0.39, 0.29) is 5.82 Å². The topological polar surface area (TPSA) is 0 Å². The number of hydrogen-bond acceptors (Lipinski definition) is 0. The van der Waals surface area contributed by atoms with Gasteiger partial charge in [-0.15, -0.1) is 6.58 Å². The summed E-state index contributed by atoms with van der Waals surface area (Å²) >= 11 is 0. The third-order valence-electron chi connectivity index (χ3n) is 6.52. The average molecular weight is 397 g/mol. The van der Waals surface area contributed by atoms with Gasteiger partial charge in [-0.2, -0.15) is 0 Å². The Hall–Kier alpha value is -2.85. The normalized spacial score (nSPS) is 18.6. The molecule has 152 valence electrons. The Morgan fingerprint density at radius 2 is 1.63 bits per heavy atom. The Labute approximate surface area is 179 Å². The standard InChI is InChI=1S/C29H29F/c1-3-22-5-7-23(8-6-22)9-10-24-11-13-25(14-12-24)15-16-26-17-19-28-27(20-26)18-4-21(2)29(28)30/h3-4,11-14,17-20,22-23H,1,5-10H2,2H3. The largest absolute Gasteiger partial charge is 0.206 e. The highest BCUT2D eigenvalue weighted by molar-refractivity contribution is 5.85. The first-order chi connectivity index (χ1) is 14.6. The van der Waals surface area contributed by atoms with Gasteiger partial charge in [-0.25, -0.2) is 4.39 Å². The molecule has 1 heteroatoms. The minimum Gasteiger partial charge on any atom is -0.206 e. The molecule has 0 saturated heterocycles. The van der Waals surface area contributed by atoms with E-state index in [0.29, 0.717) is 10.9 Å². The van der Waals surface area contributed by atoms with Crippen LogP contribution in [-0.4, -0.2) is 0 Å². The molecule has 0 radical (unpaired) electrons. The van der Waals surface area contributed by atoms with E-state index in [1.165, 1.54) is 37.7 Å². The monoisotopic (exact) mass is 396 g/mol. The first-order valence-electron chi connectivity index (χ1n) is 11.0. The number of benzene rings is 3. The summed E-state index contributed by atoms with van der Waals surface area (Å²) in [4.78, 5) is 0. The molecule has 30 heavy (non-hydrogen) atoms. The van der Waals surface area contributed by atoms with Crippen LogP contribution in [0.5, 0.6) is 0 Å². The van der Waals surface area contributed by atoms with Gasteiger partial charge in [0.1, 0.15) is 5.82 Å². The van der Waals surface area contributed by atoms with E-state index < -0.39 is 0 Å². The van der Waals surface area contributed by atoms with Crippen LogP contribution in [-0.2, 0) is 6.42 Å². The van der Waals surface area contributed by atoms with Crippen LogP contribution in [0.15, 0.2) is 67.3 Å². The zero-order valence-corrected chi connectivity index (χ0v) is 17.8. The van der Waals surface area contributed by atoms with Gasteiger partial charge in [-0.3, -0.25) is 0 Å². The highest BCUT2D eigenvalue weighted by Gasteiger charge is 2.18. The third kappa shape index (κ3) is 4.82. The van der Waals surface area contributed by atoms with Crippen LogP contribution in [0, 0.1) is 36.4 Å². The number of halogens is 1. The van der Waals surface area contributed by atoms with Crippen LogP contribution in [0.2, 0.25) is 0 Å². The van der Waals surface area contributed by atoms with Crippen molar-refractivity contribution in [2.75, 3.05) is 0 Å². The number of fused-ring (bicyclic) bond motifs is 1. The molecule has 0 unspecified atom stereocenters. The number of rotatable bonds is 4. The minimum atomic E-state index is -0.142. The molecule has 4 rings (SSSR count). The molecule has 0 aliphatic heterocycles. The first-order valence-corrected chi connectivity index (χ1v) is 11.0. The first kappa shape index (κ1) is 20.4. The summed E-state index contributed by atoms with van der Waals surface area (Å²) in [5.41, 5.74) is 3.99. The lowest BCUT2D eigenvalue weighted by molar-refractivity contribution is 0.296. The second kappa shape index (κ2) is 9.31. The van der Waals surface area contributed by atoms with E-state index in [1.54, 1.807) is 6.92 Å². The maximum atomic E-state index is 14.2. The van der Waals surface area contributed by atoms with E-state index in [9.17, 15) is 4.39 Å². The van der Waals surface area contributed by atoms with Gasteiger partial charge in [0.05, 0.1) is 0 Å². The smallest absolute Gasteiger partial charge is 0.133 e. The van der Waals surface area contributed by atoms with Gasteiger partial charge in [-0.05, 0) is 98.1 Å². The van der Waals surface area contributed by atoms with Gasteiger partial charge < -0.3 is 0 Å². The van der Waals surface area contributed by atoms with Crippen molar-refractivity contribution in [2.45, 2.75) is 45.4 Å². The Balaban J connectivity index is 1.37. The summed E-state index contributed by atoms with van der Waals surface area (Å²) in [6, 6.07) is 18.1. The molecule has 3 aromatic carbocycles. The van der Waals surface area contributed by atoms with E-state index in [0.717, 1.165) is 34.8 Å². The van der Waals surface area contributed by atoms with Crippen LogP contribution in [0.4, 0.5) is 4.39 Å². The zero-order chi connectivity index (χ0) is 20.9. The van der Waals surface area contributed by atoms with Crippen molar-refractivity contribution in [1.29, 1.82) is 0 Å². The second-order valence-corrected chi connectivity index (χ2v) is 8.63. The molecule has 3 aromatic rings. The lowest BCUT2D eigenvalue weighted by atomic mass is 9.79.